The normalized spacial score (nSPS) is 17.4. The molecule has 124 valence electrons. The Kier molecular flexibility index (Phi) is 4.62. The highest BCUT2D eigenvalue weighted by atomic mass is 16.5. The molecule has 0 aromatic heterocycles. The molecule has 3 rings (SSSR count). The molecular formula is C19H19NO4. The fraction of sp³-hybridized carbons (Fsp3) is 0.263. The zero-order valence-corrected chi connectivity index (χ0v) is 13.4. The molecule has 0 saturated carbocycles. The van der Waals surface area contributed by atoms with Gasteiger partial charge in [0.15, 0.2) is 0 Å². The zero-order chi connectivity index (χ0) is 17.1. The van der Waals surface area contributed by atoms with Crippen LogP contribution in [0.4, 0.5) is 5.69 Å². The maximum Gasteiger partial charge on any atom is 0.312 e. The Morgan fingerprint density at radius 3 is 2.54 bits per heavy atom. The lowest BCUT2D eigenvalue weighted by Crippen LogP contribution is -2.39. The molecule has 2 aromatic carbocycles. The number of para-hydroxylation sites is 1. The Labute approximate surface area is 140 Å². The minimum Gasteiger partial charge on any atom is -0.481 e. The van der Waals surface area contributed by atoms with Crippen LogP contribution in [0.3, 0.4) is 0 Å². The van der Waals surface area contributed by atoms with E-state index in [9.17, 15) is 14.7 Å². The minimum atomic E-state index is -0.921. The standard InChI is InChI=1S/C19H19NO4/c1-13(24-12-14-7-3-2-4-8-14)18(21)20-11-16(19(22)23)15-9-5-6-10-17(15)20/h2-10,13,16H,11-12H2,1H3,(H,22,23)/t13-,16+/m0/s1. The second-order valence-corrected chi connectivity index (χ2v) is 5.84. The van der Waals surface area contributed by atoms with Gasteiger partial charge in [-0.05, 0) is 24.1 Å². The van der Waals surface area contributed by atoms with Gasteiger partial charge in [-0.3, -0.25) is 9.59 Å². The van der Waals surface area contributed by atoms with Crippen LogP contribution in [-0.2, 0) is 20.9 Å². The van der Waals surface area contributed by atoms with E-state index in [1.807, 2.05) is 30.3 Å². The van der Waals surface area contributed by atoms with Crippen LogP contribution in [0.25, 0.3) is 0 Å². The molecule has 24 heavy (non-hydrogen) atoms. The number of benzene rings is 2. The number of hydrogen-bond acceptors (Lipinski definition) is 3. The monoisotopic (exact) mass is 325 g/mol. The van der Waals surface area contributed by atoms with E-state index in [1.54, 1.807) is 31.2 Å². The second kappa shape index (κ2) is 6.84. The molecule has 1 aliphatic rings. The predicted molar refractivity (Wildman–Crippen MR) is 89.9 cm³/mol. The molecule has 1 N–H and O–H groups in total. The Morgan fingerprint density at radius 2 is 1.83 bits per heavy atom. The molecule has 2 aromatic rings. The van der Waals surface area contributed by atoms with Gasteiger partial charge in [0.05, 0.1) is 6.61 Å². The van der Waals surface area contributed by atoms with Crippen molar-refractivity contribution in [1.82, 2.24) is 0 Å². The van der Waals surface area contributed by atoms with Crippen molar-refractivity contribution in [3.8, 4) is 0 Å². The molecular weight excluding hydrogens is 306 g/mol. The van der Waals surface area contributed by atoms with Gasteiger partial charge >= 0.3 is 5.97 Å². The van der Waals surface area contributed by atoms with E-state index in [0.29, 0.717) is 17.9 Å². The summed E-state index contributed by atoms with van der Waals surface area (Å²) in [6, 6.07) is 16.8. The first-order valence-corrected chi connectivity index (χ1v) is 7.86. The number of anilines is 1. The maximum atomic E-state index is 12.7. The second-order valence-electron chi connectivity index (χ2n) is 5.84. The Balaban J connectivity index is 1.72. The molecule has 0 aliphatic carbocycles. The van der Waals surface area contributed by atoms with Crippen LogP contribution < -0.4 is 4.90 Å². The van der Waals surface area contributed by atoms with Crippen LogP contribution in [0, 0.1) is 0 Å². The first-order valence-electron chi connectivity index (χ1n) is 7.86. The quantitative estimate of drug-likeness (QED) is 0.918. The third-order valence-electron chi connectivity index (χ3n) is 4.22. The van der Waals surface area contributed by atoms with Crippen molar-refractivity contribution in [3.05, 3.63) is 65.7 Å². The highest BCUT2D eigenvalue weighted by molar-refractivity contribution is 6.01. The average molecular weight is 325 g/mol. The van der Waals surface area contributed by atoms with E-state index in [0.717, 1.165) is 5.56 Å². The van der Waals surface area contributed by atoms with E-state index < -0.39 is 18.0 Å². The highest BCUT2D eigenvalue weighted by Crippen LogP contribution is 2.36. The molecule has 5 heteroatoms. The average Bonchev–Trinajstić information content (AvgIpc) is 3.00. The van der Waals surface area contributed by atoms with Gasteiger partial charge in [0.1, 0.15) is 12.0 Å². The first-order chi connectivity index (χ1) is 11.6. The molecule has 5 nitrogen and oxygen atoms in total. The van der Waals surface area contributed by atoms with Crippen LogP contribution in [-0.4, -0.2) is 29.6 Å². The molecule has 1 aliphatic heterocycles. The number of amides is 1. The summed E-state index contributed by atoms with van der Waals surface area (Å²) in [5.41, 5.74) is 2.32. The lowest BCUT2D eigenvalue weighted by molar-refractivity contribution is -0.138. The van der Waals surface area contributed by atoms with E-state index >= 15 is 0 Å². The molecule has 2 atom stereocenters. The third kappa shape index (κ3) is 3.16. The van der Waals surface area contributed by atoms with Gasteiger partial charge in [-0.15, -0.1) is 0 Å². The summed E-state index contributed by atoms with van der Waals surface area (Å²) in [5.74, 6) is -1.83. The van der Waals surface area contributed by atoms with Crippen molar-refractivity contribution >= 4 is 17.6 Å². The van der Waals surface area contributed by atoms with E-state index in [1.165, 1.54) is 4.90 Å². The number of rotatable bonds is 5. The summed E-state index contributed by atoms with van der Waals surface area (Å²) < 4.78 is 5.67. The SMILES string of the molecule is C[C@H](OCc1ccccc1)C(=O)N1C[C@@H](C(=O)O)c2ccccc21. The van der Waals surface area contributed by atoms with Gasteiger partial charge in [-0.1, -0.05) is 48.5 Å². The summed E-state index contributed by atoms with van der Waals surface area (Å²) in [5, 5.41) is 9.38. The lowest BCUT2D eigenvalue weighted by atomic mass is 10.0. The van der Waals surface area contributed by atoms with E-state index in [2.05, 4.69) is 0 Å². The molecule has 1 amide bonds. The third-order valence-corrected chi connectivity index (χ3v) is 4.22. The van der Waals surface area contributed by atoms with Crippen molar-refractivity contribution in [3.63, 3.8) is 0 Å². The topological polar surface area (TPSA) is 66.8 Å². The molecule has 0 bridgehead atoms. The molecule has 0 fully saturated rings. The van der Waals surface area contributed by atoms with Crippen molar-refractivity contribution in [2.75, 3.05) is 11.4 Å². The molecule has 0 saturated heterocycles. The predicted octanol–water partition coefficient (Wildman–Crippen LogP) is 2.81. The summed E-state index contributed by atoms with van der Waals surface area (Å²) >= 11 is 0. The van der Waals surface area contributed by atoms with Gasteiger partial charge in [0, 0.05) is 12.2 Å². The largest absolute Gasteiger partial charge is 0.481 e. The molecule has 0 unspecified atom stereocenters. The van der Waals surface area contributed by atoms with Crippen LogP contribution >= 0.6 is 0 Å². The number of carboxylic acids is 1. The number of hydrogen-bond donors (Lipinski definition) is 1. The van der Waals surface area contributed by atoms with Crippen LogP contribution in [0.15, 0.2) is 54.6 Å². The minimum absolute atomic E-state index is 0.145. The number of nitrogens with zero attached hydrogens (tertiary/aromatic N) is 1. The number of carbonyl (C=O) groups is 2. The van der Waals surface area contributed by atoms with Crippen LogP contribution in [0.1, 0.15) is 24.0 Å². The van der Waals surface area contributed by atoms with Crippen LogP contribution in [0.5, 0.6) is 0 Å². The van der Waals surface area contributed by atoms with Crippen molar-refractivity contribution < 1.29 is 19.4 Å². The fourth-order valence-corrected chi connectivity index (χ4v) is 2.91. The summed E-state index contributed by atoms with van der Waals surface area (Å²) in [6.45, 7) is 2.18. The van der Waals surface area contributed by atoms with Crippen molar-refractivity contribution in [2.24, 2.45) is 0 Å². The maximum absolute atomic E-state index is 12.7. The van der Waals surface area contributed by atoms with E-state index in [-0.39, 0.29) is 12.5 Å². The van der Waals surface area contributed by atoms with Gasteiger partial charge in [0.2, 0.25) is 0 Å². The number of fused-ring (bicyclic) bond motifs is 1. The molecule has 0 radical (unpaired) electrons. The Bertz CT molecular complexity index is 744. The Hall–Kier alpha value is -2.66. The smallest absolute Gasteiger partial charge is 0.312 e. The number of carboxylic acid groups (broad SMARTS) is 1. The summed E-state index contributed by atoms with van der Waals surface area (Å²) in [4.78, 5) is 25.7. The summed E-state index contributed by atoms with van der Waals surface area (Å²) in [6.07, 6.45) is -0.647. The fourth-order valence-electron chi connectivity index (χ4n) is 2.91. The number of carbonyl (C=O) groups excluding carboxylic acids is 1. The van der Waals surface area contributed by atoms with E-state index in [4.69, 9.17) is 4.74 Å². The van der Waals surface area contributed by atoms with Crippen LogP contribution in [0.2, 0.25) is 0 Å². The highest BCUT2D eigenvalue weighted by Gasteiger charge is 2.37. The van der Waals surface area contributed by atoms with Crippen molar-refractivity contribution in [1.29, 1.82) is 0 Å². The van der Waals surface area contributed by atoms with Gasteiger partial charge in [-0.25, -0.2) is 0 Å². The zero-order valence-electron chi connectivity index (χ0n) is 13.4. The molecule has 1 heterocycles. The number of ether oxygens (including phenoxy) is 1. The first kappa shape index (κ1) is 16.2. The Morgan fingerprint density at radius 1 is 1.17 bits per heavy atom. The van der Waals surface area contributed by atoms with Gasteiger partial charge in [-0.2, -0.15) is 0 Å². The van der Waals surface area contributed by atoms with Crippen molar-refractivity contribution in [2.45, 2.75) is 25.6 Å². The van der Waals surface area contributed by atoms with Gasteiger partial charge in [0.25, 0.3) is 5.91 Å². The van der Waals surface area contributed by atoms with Gasteiger partial charge < -0.3 is 14.7 Å². The lowest BCUT2D eigenvalue weighted by Gasteiger charge is -2.22. The molecule has 0 spiro atoms. The summed E-state index contributed by atoms with van der Waals surface area (Å²) in [7, 11) is 0. The number of aliphatic carboxylic acids is 1.